The highest BCUT2D eigenvalue weighted by Gasteiger charge is 2.43. The molecule has 7 nitrogen and oxygen atoms in total. The van der Waals surface area contributed by atoms with Gasteiger partial charge in [-0.1, -0.05) is 43.9 Å². The number of halogens is 1. The molecule has 0 spiro atoms. The van der Waals surface area contributed by atoms with Crippen LogP contribution >= 0.6 is 11.6 Å². The van der Waals surface area contributed by atoms with E-state index in [0.717, 1.165) is 24.8 Å². The number of unbranched alkanes of at least 4 members (excludes halogenated alkanes) is 3. The molecule has 0 saturated heterocycles. The van der Waals surface area contributed by atoms with Crippen molar-refractivity contribution in [1.82, 2.24) is 4.90 Å². The number of amides is 1. The summed E-state index contributed by atoms with van der Waals surface area (Å²) in [6, 6.07) is 11.6. The van der Waals surface area contributed by atoms with Crippen LogP contribution in [0, 0.1) is 6.92 Å². The first-order valence-electron chi connectivity index (χ1n) is 12.8. The number of methoxy groups -OCH3 is 1. The van der Waals surface area contributed by atoms with E-state index in [1.807, 2.05) is 25.1 Å². The number of hydrogen-bond acceptors (Lipinski definition) is 6. The van der Waals surface area contributed by atoms with Crippen LogP contribution in [-0.2, 0) is 6.54 Å². The zero-order chi connectivity index (χ0) is 26.8. The molecule has 1 aliphatic heterocycles. The van der Waals surface area contributed by atoms with Crippen LogP contribution in [0.5, 0.6) is 11.5 Å². The zero-order valence-corrected chi connectivity index (χ0v) is 22.5. The molecule has 1 aliphatic rings. The normalized spacial score (nSPS) is 14.8. The Morgan fingerprint density at radius 3 is 2.63 bits per heavy atom. The Bertz CT molecular complexity index is 1520. The number of aryl methyl sites for hydroxylation is 1. The molecule has 0 radical (unpaired) electrons. The van der Waals surface area contributed by atoms with Crippen LogP contribution in [0.4, 0.5) is 0 Å². The maximum Gasteiger partial charge on any atom is 0.291 e. The van der Waals surface area contributed by atoms with E-state index in [1.165, 1.54) is 6.42 Å². The highest BCUT2D eigenvalue weighted by Crippen LogP contribution is 2.42. The SMILES string of the molecule is CCCCCCOc1ccc(C2c3c(oc4cc(C)c(Cl)cc4c3=O)C(=O)N2Cc2ccco2)cc1OC. The summed E-state index contributed by atoms with van der Waals surface area (Å²) in [5.41, 5.74) is 1.75. The van der Waals surface area contributed by atoms with Gasteiger partial charge in [0, 0.05) is 5.02 Å². The smallest absolute Gasteiger partial charge is 0.291 e. The van der Waals surface area contributed by atoms with Crippen molar-refractivity contribution in [3.05, 3.63) is 92.2 Å². The lowest BCUT2D eigenvalue weighted by Gasteiger charge is -2.25. The van der Waals surface area contributed by atoms with E-state index >= 15 is 0 Å². The molecule has 0 N–H and O–H groups in total. The summed E-state index contributed by atoms with van der Waals surface area (Å²) in [6.45, 7) is 4.74. The number of furan rings is 1. The minimum absolute atomic E-state index is 0.0241. The summed E-state index contributed by atoms with van der Waals surface area (Å²) < 4.78 is 23.2. The third-order valence-corrected chi connectivity index (χ3v) is 7.32. The van der Waals surface area contributed by atoms with Gasteiger partial charge in [-0.15, -0.1) is 0 Å². The van der Waals surface area contributed by atoms with Crippen LogP contribution in [-0.4, -0.2) is 24.5 Å². The fourth-order valence-corrected chi connectivity index (χ4v) is 5.07. The van der Waals surface area contributed by atoms with Gasteiger partial charge in [0.05, 0.1) is 43.5 Å². The molecule has 38 heavy (non-hydrogen) atoms. The Labute approximate surface area is 225 Å². The first kappa shape index (κ1) is 25.9. The van der Waals surface area contributed by atoms with Crippen molar-refractivity contribution in [3.8, 4) is 11.5 Å². The second-order valence-electron chi connectivity index (χ2n) is 9.51. The van der Waals surface area contributed by atoms with Crippen molar-refractivity contribution in [2.45, 2.75) is 52.1 Å². The first-order chi connectivity index (χ1) is 18.4. The molecule has 5 rings (SSSR count). The van der Waals surface area contributed by atoms with Crippen molar-refractivity contribution >= 4 is 28.5 Å². The lowest BCUT2D eigenvalue weighted by molar-refractivity contribution is 0.0701. The van der Waals surface area contributed by atoms with E-state index in [9.17, 15) is 9.59 Å². The Kier molecular flexibility index (Phi) is 7.47. The van der Waals surface area contributed by atoms with Crippen LogP contribution in [0.25, 0.3) is 11.0 Å². The van der Waals surface area contributed by atoms with Gasteiger partial charge in [-0.25, -0.2) is 0 Å². The van der Waals surface area contributed by atoms with Gasteiger partial charge in [-0.05, 0) is 60.9 Å². The minimum Gasteiger partial charge on any atom is -0.493 e. The van der Waals surface area contributed by atoms with Gasteiger partial charge in [0.2, 0.25) is 5.76 Å². The molecule has 1 unspecified atom stereocenters. The summed E-state index contributed by atoms with van der Waals surface area (Å²) in [5, 5.41) is 0.788. The molecule has 3 heterocycles. The van der Waals surface area contributed by atoms with E-state index in [0.29, 0.717) is 45.4 Å². The molecule has 4 aromatic rings. The Morgan fingerprint density at radius 1 is 1.05 bits per heavy atom. The molecule has 1 amide bonds. The third-order valence-electron chi connectivity index (χ3n) is 6.91. The lowest BCUT2D eigenvalue weighted by Crippen LogP contribution is -2.29. The topological polar surface area (TPSA) is 82.1 Å². The van der Waals surface area contributed by atoms with Crippen LogP contribution in [0.1, 0.15) is 71.7 Å². The Balaban J connectivity index is 1.59. The minimum atomic E-state index is -0.712. The van der Waals surface area contributed by atoms with Crippen molar-refractivity contribution in [1.29, 1.82) is 0 Å². The lowest BCUT2D eigenvalue weighted by atomic mass is 9.97. The highest BCUT2D eigenvalue weighted by molar-refractivity contribution is 6.32. The van der Waals surface area contributed by atoms with Gasteiger partial charge in [0.15, 0.2) is 16.9 Å². The van der Waals surface area contributed by atoms with Gasteiger partial charge in [0.1, 0.15) is 11.3 Å². The number of carbonyl (C=O) groups is 1. The molecule has 0 saturated carbocycles. The van der Waals surface area contributed by atoms with Gasteiger partial charge >= 0.3 is 0 Å². The average molecular weight is 536 g/mol. The van der Waals surface area contributed by atoms with Gasteiger partial charge < -0.3 is 23.2 Å². The predicted molar refractivity (Wildman–Crippen MR) is 145 cm³/mol. The fraction of sp³-hybridized carbons (Fsp3) is 0.333. The van der Waals surface area contributed by atoms with E-state index in [2.05, 4.69) is 6.92 Å². The van der Waals surface area contributed by atoms with Crippen LogP contribution in [0.15, 0.2) is 62.4 Å². The standard InChI is InChI=1S/C30H30ClNO6/c1-4-5-6-7-12-37-23-11-10-19(15-25(23)35-3)27-26-28(33)21-16-22(31)18(2)14-24(21)38-29(26)30(34)32(27)17-20-9-8-13-36-20/h8-11,13-16,27H,4-7,12,17H2,1-3H3. The number of hydrogen-bond donors (Lipinski definition) is 0. The predicted octanol–water partition coefficient (Wildman–Crippen LogP) is 7.06. The average Bonchev–Trinajstić information content (AvgIpc) is 3.52. The molecule has 2 aromatic carbocycles. The van der Waals surface area contributed by atoms with Crippen LogP contribution in [0.2, 0.25) is 5.02 Å². The molecule has 0 bridgehead atoms. The maximum atomic E-state index is 13.8. The van der Waals surface area contributed by atoms with E-state index in [1.54, 1.807) is 42.5 Å². The monoisotopic (exact) mass is 535 g/mol. The number of carbonyl (C=O) groups excluding carboxylic acids is 1. The summed E-state index contributed by atoms with van der Waals surface area (Å²) in [7, 11) is 1.57. The highest BCUT2D eigenvalue weighted by atomic mass is 35.5. The van der Waals surface area contributed by atoms with E-state index < -0.39 is 6.04 Å². The summed E-state index contributed by atoms with van der Waals surface area (Å²) in [5.74, 6) is 1.37. The van der Waals surface area contributed by atoms with Crippen molar-refractivity contribution in [3.63, 3.8) is 0 Å². The number of ether oxygens (including phenoxy) is 2. The molecule has 1 atom stereocenters. The van der Waals surface area contributed by atoms with E-state index in [-0.39, 0.29) is 29.2 Å². The number of rotatable bonds is 10. The number of nitrogens with zero attached hydrogens (tertiary/aromatic N) is 1. The Hall–Kier alpha value is -3.71. The van der Waals surface area contributed by atoms with Crippen molar-refractivity contribution in [2.75, 3.05) is 13.7 Å². The second-order valence-corrected chi connectivity index (χ2v) is 9.91. The van der Waals surface area contributed by atoms with Gasteiger partial charge in [0.25, 0.3) is 5.91 Å². The van der Waals surface area contributed by atoms with Crippen molar-refractivity contribution in [2.24, 2.45) is 0 Å². The molecule has 8 heteroatoms. The first-order valence-corrected chi connectivity index (χ1v) is 13.2. The van der Waals surface area contributed by atoms with Crippen LogP contribution in [0.3, 0.4) is 0 Å². The van der Waals surface area contributed by atoms with Gasteiger partial charge in [-0.3, -0.25) is 9.59 Å². The molecule has 0 fully saturated rings. The molecule has 0 aliphatic carbocycles. The zero-order valence-electron chi connectivity index (χ0n) is 21.7. The summed E-state index contributed by atoms with van der Waals surface area (Å²) in [4.78, 5) is 29.1. The van der Waals surface area contributed by atoms with Crippen molar-refractivity contribution < 1.29 is 23.1 Å². The number of benzene rings is 2. The number of fused-ring (bicyclic) bond motifs is 2. The fourth-order valence-electron chi connectivity index (χ4n) is 4.91. The second kappa shape index (κ2) is 11.0. The quantitative estimate of drug-likeness (QED) is 0.202. The molecule has 2 aromatic heterocycles. The van der Waals surface area contributed by atoms with Crippen LogP contribution < -0.4 is 14.9 Å². The molecule has 198 valence electrons. The third kappa shape index (κ3) is 4.78. The molecular formula is C30H30ClNO6. The largest absolute Gasteiger partial charge is 0.493 e. The van der Waals surface area contributed by atoms with E-state index in [4.69, 9.17) is 29.9 Å². The summed E-state index contributed by atoms with van der Waals surface area (Å²) >= 11 is 6.34. The maximum absolute atomic E-state index is 13.8. The molecular weight excluding hydrogens is 506 g/mol. The summed E-state index contributed by atoms with van der Waals surface area (Å²) in [6.07, 6.45) is 5.94. The van der Waals surface area contributed by atoms with Gasteiger partial charge in [-0.2, -0.15) is 0 Å². The Morgan fingerprint density at radius 2 is 1.89 bits per heavy atom.